The van der Waals surface area contributed by atoms with E-state index in [1.807, 2.05) is 35.0 Å². The summed E-state index contributed by atoms with van der Waals surface area (Å²) in [5, 5.41) is 15.4. The number of benzene rings is 1. The summed E-state index contributed by atoms with van der Waals surface area (Å²) in [5.74, 6) is 0.917. The first-order chi connectivity index (χ1) is 12.3. The van der Waals surface area contributed by atoms with Crippen LogP contribution in [-0.4, -0.2) is 32.2 Å². The zero-order chi connectivity index (χ0) is 17.5. The summed E-state index contributed by atoms with van der Waals surface area (Å²) >= 11 is 0. The van der Waals surface area contributed by atoms with E-state index >= 15 is 0 Å². The number of rotatable bonds is 7. The monoisotopic (exact) mass is 341 g/mol. The molecule has 0 saturated heterocycles. The predicted molar refractivity (Wildman–Crippen MR) is 96.8 cm³/mol. The van der Waals surface area contributed by atoms with Gasteiger partial charge in [-0.25, -0.2) is 4.68 Å². The first kappa shape index (κ1) is 17.6. The van der Waals surface area contributed by atoms with Crippen LogP contribution >= 0.6 is 0 Å². The highest BCUT2D eigenvalue weighted by atomic mass is 16.1. The van der Waals surface area contributed by atoms with E-state index in [0.717, 1.165) is 37.1 Å². The quantitative estimate of drug-likeness (QED) is 0.836. The molecular formula is C19H27N5O. The molecule has 3 rings (SSSR count). The molecule has 1 unspecified atom stereocenters. The van der Waals surface area contributed by atoms with Crippen LogP contribution in [0.2, 0.25) is 0 Å². The third-order valence-electron chi connectivity index (χ3n) is 5.02. The van der Waals surface area contributed by atoms with Gasteiger partial charge in [-0.3, -0.25) is 4.79 Å². The standard InChI is InChI=1S/C19H27N5O/c1-2-17(13-14-18(25)20-16-11-7-4-8-12-16)24-19(21-22-23-24)15-9-5-3-6-10-15/h3,5-6,9-10,16-17H,2,4,7-8,11-14H2,1H3,(H,20,25). The van der Waals surface area contributed by atoms with Gasteiger partial charge in [-0.2, -0.15) is 0 Å². The Morgan fingerprint density at radius 1 is 1.24 bits per heavy atom. The van der Waals surface area contributed by atoms with Gasteiger partial charge in [-0.15, -0.1) is 5.10 Å². The molecule has 1 atom stereocenters. The Labute approximate surface area is 149 Å². The first-order valence-electron chi connectivity index (χ1n) is 9.40. The topological polar surface area (TPSA) is 72.7 Å². The highest BCUT2D eigenvalue weighted by Gasteiger charge is 2.20. The van der Waals surface area contributed by atoms with Gasteiger partial charge in [0.15, 0.2) is 5.82 Å². The van der Waals surface area contributed by atoms with Gasteiger partial charge in [0, 0.05) is 18.0 Å². The minimum Gasteiger partial charge on any atom is -0.353 e. The van der Waals surface area contributed by atoms with Crippen molar-refractivity contribution in [3.8, 4) is 11.4 Å². The van der Waals surface area contributed by atoms with Crippen LogP contribution in [0.5, 0.6) is 0 Å². The summed E-state index contributed by atoms with van der Waals surface area (Å²) in [6, 6.07) is 10.4. The van der Waals surface area contributed by atoms with Crippen molar-refractivity contribution in [2.75, 3.05) is 0 Å². The number of nitrogens with zero attached hydrogens (tertiary/aromatic N) is 4. The lowest BCUT2D eigenvalue weighted by molar-refractivity contribution is -0.122. The molecule has 1 amide bonds. The van der Waals surface area contributed by atoms with Crippen LogP contribution in [0.1, 0.15) is 64.3 Å². The van der Waals surface area contributed by atoms with E-state index in [9.17, 15) is 4.79 Å². The summed E-state index contributed by atoms with van der Waals surface area (Å²) in [5.41, 5.74) is 0.998. The molecule has 6 heteroatoms. The molecular weight excluding hydrogens is 314 g/mol. The van der Waals surface area contributed by atoms with E-state index < -0.39 is 0 Å². The van der Waals surface area contributed by atoms with Crippen LogP contribution < -0.4 is 5.32 Å². The third-order valence-corrected chi connectivity index (χ3v) is 5.02. The minimum atomic E-state index is 0.127. The molecule has 1 N–H and O–H groups in total. The van der Waals surface area contributed by atoms with Gasteiger partial charge in [-0.05, 0) is 36.1 Å². The van der Waals surface area contributed by atoms with Crippen molar-refractivity contribution >= 4 is 5.91 Å². The van der Waals surface area contributed by atoms with E-state index in [4.69, 9.17) is 0 Å². The second kappa shape index (κ2) is 8.74. The molecule has 0 spiro atoms. The summed E-state index contributed by atoms with van der Waals surface area (Å²) in [6.45, 7) is 2.11. The Kier molecular flexibility index (Phi) is 6.14. The minimum absolute atomic E-state index is 0.127. The van der Waals surface area contributed by atoms with Crippen molar-refractivity contribution in [2.24, 2.45) is 0 Å². The van der Waals surface area contributed by atoms with Gasteiger partial charge in [0.25, 0.3) is 0 Å². The number of carbonyl (C=O) groups excluding carboxylic acids is 1. The van der Waals surface area contributed by atoms with Crippen molar-refractivity contribution in [2.45, 2.75) is 70.4 Å². The summed E-state index contributed by atoms with van der Waals surface area (Å²) in [7, 11) is 0. The number of nitrogens with one attached hydrogen (secondary N) is 1. The van der Waals surface area contributed by atoms with Crippen LogP contribution in [0.4, 0.5) is 0 Å². The Hall–Kier alpha value is -2.24. The maximum absolute atomic E-state index is 12.3. The van der Waals surface area contributed by atoms with E-state index in [-0.39, 0.29) is 11.9 Å². The second-order valence-corrected chi connectivity index (χ2v) is 6.82. The van der Waals surface area contributed by atoms with Crippen LogP contribution in [0.3, 0.4) is 0 Å². The van der Waals surface area contributed by atoms with Crippen LogP contribution in [0.25, 0.3) is 11.4 Å². The van der Waals surface area contributed by atoms with Gasteiger partial charge in [0.05, 0.1) is 6.04 Å². The Bertz CT molecular complexity index is 663. The number of hydrogen-bond donors (Lipinski definition) is 1. The molecule has 0 bridgehead atoms. The second-order valence-electron chi connectivity index (χ2n) is 6.82. The molecule has 1 aliphatic rings. The number of hydrogen-bond acceptors (Lipinski definition) is 4. The normalized spacial score (nSPS) is 16.5. The largest absolute Gasteiger partial charge is 0.353 e. The fraction of sp³-hybridized carbons (Fsp3) is 0.579. The van der Waals surface area contributed by atoms with E-state index in [2.05, 4.69) is 27.8 Å². The van der Waals surface area contributed by atoms with Crippen molar-refractivity contribution in [1.82, 2.24) is 25.5 Å². The van der Waals surface area contributed by atoms with Crippen molar-refractivity contribution in [1.29, 1.82) is 0 Å². The summed E-state index contributed by atoms with van der Waals surface area (Å²) in [4.78, 5) is 12.3. The van der Waals surface area contributed by atoms with E-state index in [0.29, 0.717) is 12.5 Å². The highest BCUT2D eigenvalue weighted by molar-refractivity contribution is 5.76. The average molecular weight is 341 g/mol. The summed E-state index contributed by atoms with van der Waals surface area (Å²) < 4.78 is 1.86. The molecule has 25 heavy (non-hydrogen) atoms. The molecule has 0 radical (unpaired) electrons. The summed E-state index contributed by atoms with van der Waals surface area (Å²) in [6.07, 6.45) is 8.15. The Morgan fingerprint density at radius 2 is 2.00 bits per heavy atom. The molecule has 6 nitrogen and oxygen atoms in total. The molecule has 1 aromatic carbocycles. The first-order valence-corrected chi connectivity index (χ1v) is 9.40. The van der Waals surface area contributed by atoms with E-state index in [1.165, 1.54) is 19.3 Å². The predicted octanol–water partition coefficient (Wildman–Crippen LogP) is 3.52. The lowest BCUT2D eigenvalue weighted by atomic mass is 9.95. The number of carbonyl (C=O) groups is 1. The average Bonchev–Trinajstić information content (AvgIpc) is 3.13. The third kappa shape index (κ3) is 4.65. The SMILES string of the molecule is CCC(CCC(=O)NC1CCCCC1)n1nnnc1-c1ccccc1. The molecule has 134 valence electrons. The molecule has 1 aliphatic carbocycles. The lowest BCUT2D eigenvalue weighted by Gasteiger charge is -2.23. The molecule has 1 heterocycles. The van der Waals surface area contributed by atoms with Gasteiger partial charge in [0.2, 0.25) is 5.91 Å². The van der Waals surface area contributed by atoms with Crippen molar-refractivity contribution in [3.05, 3.63) is 30.3 Å². The zero-order valence-corrected chi connectivity index (χ0v) is 14.9. The van der Waals surface area contributed by atoms with Crippen molar-refractivity contribution < 1.29 is 4.79 Å². The molecule has 2 aromatic rings. The number of amides is 1. The lowest BCUT2D eigenvalue weighted by Crippen LogP contribution is -2.36. The van der Waals surface area contributed by atoms with Crippen LogP contribution in [-0.2, 0) is 4.79 Å². The fourth-order valence-electron chi connectivity index (χ4n) is 3.56. The van der Waals surface area contributed by atoms with Gasteiger partial charge in [0.1, 0.15) is 0 Å². The Balaban J connectivity index is 1.60. The molecule has 1 saturated carbocycles. The zero-order valence-electron chi connectivity index (χ0n) is 14.9. The van der Waals surface area contributed by atoms with Gasteiger partial charge >= 0.3 is 0 Å². The number of tetrazole rings is 1. The van der Waals surface area contributed by atoms with Gasteiger partial charge in [-0.1, -0.05) is 56.5 Å². The fourth-order valence-corrected chi connectivity index (χ4v) is 3.56. The van der Waals surface area contributed by atoms with Crippen LogP contribution in [0.15, 0.2) is 30.3 Å². The maximum Gasteiger partial charge on any atom is 0.220 e. The number of aromatic nitrogens is 4. The molecule has 1 fully saturated rings. The van der Waals surface area contributed by atoms with Crippen LogP contribution in [0, 0.1) is 0 Å². The highest BCUT2D eigenvalue weighted by Crippen LogP contribution is 2.24. The van der Waals surface area contributed by atoms with E-state index in [1.54, 1.807) is 0 Å². The maximum atomic E-state index is 12.3. The van der Waals surface area contributed by atoms with Gasteiger partial charge < -0.3 is 5.32 Å². The Morgan fingerprint density at radius 3 is 2.72 bits per heavy atom. The molecule has 1 aromatic heterocycles. The smallest absolute Gasteiger partial charge is 0.220 e. The molecule has 0 aliphatic heterocycles. The van der Waals surface area contributed by atoms with Crippen molar-refractivity contribution in [3.63, 3.8) is 0 Å².